The van der Waals surface area contributed by atoms with E-state index in [4.69, 9.17) is 21.1 Å². The number of benzene rings is 3. The summed E-state index contributed by atoms with van der Waals surface area (Å²) >= 11 is 6.15. The molecule has 10 heteroatoms. The lowest BCUT2D eigenvalue weighted by Crippen LogP contribution is -2.49. The summed E-state index contributed by atoms with van der Waals surface area (Å²) in [6, 6.07) is 21.8. The number of ether oxygens (including phenoxy) is 2. The molecular formula is C31H36ClN5O4. The number of rotatable bonds is 9. The number of likely N-dealkylation sites (tertiary alicyclic amines) is 1. The van der Waals surface area contributed by atoms with Crippen LogP contribution >= 0.6 is 11.6 Å². The van der Waals surface area contributed by atoms with E-state index in [2.05, 4.69) is 20.9 Å². The summed E-state index contributed by atoms with van der Waals surface area (Å²) in [5.74, 6) is 1.33. The molecule has 0 spiro atoms. The van der Waals surface area contributed by atoms with Crippen molar-refractivity contribution < 1.29 is 19.1 Å². The lowest BCUT2D eigenvalue weighted by molar-refractivity contribution is -0.131. The number of carbonyl (C=O) groups is 2. The fourth-order valence-electron chi connectivity index (χ4n) is 5.38. The predicted octanol–water partition coefficient (Wildman–Crippen LogP) is 4.49. The number of nitrogens with one attached hydrogen (secondary N) is 3. The minimum absolute atomic E-state index is 0.0449. The number of halogens is 1. The lowest BCUT2D eigenvalue weighted by atomic mass is 10.1. The Morgan fingerprint density at radius 2 is 1.71 bits per heavy atom. The van der Waals surface area contributed by atoms with Gasteiger partial charge in [0.05, 0.1) is 36.5 Å². The van der Waals surface area contributed by atoms with Crippen molar-refractivity contribution in [1.82, 2.24) is 15.1 Å². The molecule has 0 bridgehead atoms. The summed E-state index contributed by atoms with van der Waals surface area (Å²) in [6.07, 6.45) is 0.947. The molecule has 2 saturated heterocycles. The monoisotopic (exact) mass is 577 g/mol. The Morgan fingerprint density at radius 1 is 0.976 bits per heavy atom. The molecule has 216 valence electrons. The highest BCUT2D eigenvalue weighted by molar-refractivity contribution is 6.33. The molecule has 0 aromatic heterocycles. The highest BCUT2D eigenvalue weighted by Gasteiger charge is 2.37. The van der Waals surface area contributed by atoms with Crippen LogP contribution in [0.1, 0.15) is 12.0 Å². The molecule has 2 fully saturated rings. The molecule has 2 aliphatic heterocycles. The second kappa shape index (κ2) is 13.7. The molecule has 1 unspecified atom stereocenters. The molecule has 2 heterocycles. The van der Waals surface area contributed by atoms with Gasteiger partial charge in [-0.2, -0.15) is 0 Å². The van der Waals surface area contributed by atoms with Crippen molar-refractivity contribution in [1.29, 1.82) is 0 Å². The Kier molecular flexibility index (Phi) is 9.61. The first-order valence-corrected chi connectivity index (χ1v) is 14.3. The Balaban J connectivity index is 1.25. The van der Waals surface area contributed by atoms with Crippen molar-refractivity contribution in [3.63, 3.8) is 0 Å². The van der Waals surface area contributed by atoms with Gasteiger partial charge in [0.1, 0.15) is 17.6 Å². The van der Waals surface area contributed by atoms with Gasteiger partial charge in [0.15, 0.2) is 0 Å². The van der Waals surface area contributed by atoms with Crippen LogP contribution in [0.5, 0.6) is 11.5 Å². The van der Waals surface area contributed by atoms with Crippen molar-refractivity contribution in [3.8, 4) is 11.5 Å². The van der Waals surface area contributed by atoms with Crippen LogP contribution in [0.25, 0.3) is 0 Å². The third kappa shape index (κ3) is 7.70. The van der Waals surface area contributed by atoms with Crippen molar-refractivity contribution in [2.24, 2.45) is 0 Å². The SMILES string of the molecule is COc1cc(CC(=O)N2C[C@@H](Oc3ccccc3)CC2CN2CCNCC2)ccc1NC(=O)Nc1ccccc1Cl. The van der Waals surface area contributed by atoms with Crippen LogP contribution in [-0.4, -0.2) is 80.3 Å². The van der Waals surface area contributed by atoms with E-state index in [1.807, 2.05) is 41.3 Å². The van der Waals surface area contributed by atoms with E-state index in [0.29, 0.717) is 28.7 Å². The van der Waals surface area contributed by atoms with Crippen LogP contribution in [0.3, 0.4) is 0 Å². The molecular weight excluding hydrogens is 542 g/mol. The molecule has 2 atom stereocenters. The number of para-hydroxylation sites is 2. The maximum Gasteiger partial charge on any atom is 0.323 e. The summed E-state index contributed by atoms with van der Waals surface area (Å²) in [6.45, 7) is 5.23. The van der Waals surface area contributed by atoms with Gasteiger partial charge in [-0.3, -0.25) is 9.69 Å². The number of piperazine rings is 1. The maximum atomic E-state index is 13.7. The van der Waals surface area contributed by atoms with Gasteiger partial charge in [-0.15, -0.1) is 0 Å². The average Bonchev–Trinajstić information content (AvgIpc) is 3.38. The molecule has 5 rings (SSSR count). The quantitative estimate of drug-likeness (QED) is 0.347. The summed E-state index contributed by atoms with van der Waals surface area (Å²) in [7, 11) is 1.54. The summed E-state index contributed by atoms with van der Waals surface area (Å²) in [5.41, 5.74) is 1.79. The van der Waals surface area contributed by atoms with Crippen LogP contribution in [-0.2, 0) is 11.2 Å². The normalized spacial score (nSPS) is 19.0. The zero-order valence-corrected chi connectivity index (χ0v) is 23.9. The largest absolute Gasteiger partial charge is 0.495 e. The van der Waals surface area contributed by atoms with E-state index in [0.717, 1.165) is 50.5 Å². The third-order valence-corrected chi connectivity index (χ3v) is 7.74. The Labute approximate surface area is 245 Å². The molecule has 41 heavy (non-hydrogen) atoms. The minimum atomic E-state index is -0.447. The lowest BCUT2D eigenvalue weighted by Gasteiger charge is -2.33. The smallest absolute Gasteiger partial charge is 0.323 e. The predicted molar refractivity (Wildman–Crippen MR) is 161 cm³/mol. The molecule has 0 aliphatic carbocycles. The molecule has 0 radical (unpaired) electrons. The topological polar surface area (TPSA) is 95.2 Å². The van der Waals surface area contributed by atoms with Crippen molar-refractivity contribution in [2.45, 2.75) is 25.0 Å². The summed E-state index contributed by atoms with van der Waals surface area (Å²) < 4.78 is 11.8. The van der Waals surface area contributed by atoms with Gasteiger partial charge in [0, 0.05) is 45.2 Å². The van der Waals surface area contributed by atoms with Gasteiger partial charge in [0.25, 0.3) is 0 Å². The van der Waals surface area contributed by atoms with Crippen molar-refractivity contribution >= 4 is 34.9 Å². The molecule has 3 N–H and O–H groups in total. The van der Waals surface area contributed by atoms with E-state index in [1.54, 1.807) is 36.4 Å². The maximum absolute atomic E-state index is 13.7. The van der Waals surface area contributed by atoms with Gasteiger partial charge in [-0.1, -0.05) is 48.0 Å². The van der Waals surface area contributed by atoms with E-state index in [9.17, 15) is 9.59 Å². The first-order chi connectivity index (χ1) is 20.0. The van der Waals surface area contributed by atoms with Gasteiger partial charge in [-0.05, 0) is 42.0 Å². The van der Waals surface area contributed by atoms with Crippen molar-refractivity contribution in [2.75, 3.05) is 57.0 Å². The molecule has 3 amide bonds. The first-order valence-electron chi connectivity index (χ1n) is 13.9. The number of carbonyl (C=O) groups excluding carboxylic acids is 2. The third-order valence-electron chi connectivity index (χ3n) is 7.41. The molecule has 2 aliphatic rings. The second-order valence-corrected chi connectivity index (χ2v) is 10.7. The fraction of sp³-hybridized carbons (Fsp3) is 0.355. The van der Waals surface area contributed by atoms with E-state index < -0.39 is 6.03 Å². The number of urea groups is 1. The van der Waals surface area contributed by atoms with E-state index in [1.165, 1.54) is 7.11 Å². The number of methoxy groups -OCH3 is 1. The molecule has 9 nitrogen and oxygen atoms in total. The number of hydrogen-bond acceptors (Lipinski definition) is 6. The number of anilines is 2. The standard InChI is InChI=1S/C31H36ClN5O4/c1-40-29-17-22(11-12-28(29)35-31(39)34-27-10-6-5-9-26(27)32)18-30(38)37-21-25(41-24-7-3-2-4-8-24)19-23(37)20-36-15-13-33-14-16-36/h2-12,17,23,25,33H,13-16,18-21H2,1H3,(H2,34,35,39)/t23?,25-/m0/s1. The van der Waals surface area contributed by atoms with E-state index >= 15 is 0 Å². The second-order valence-electron chi connectivity index (χ2n) is 10.3. The zero-order valence-electron chi connectivity index (χ0n) is 23.1. The Morgan fingerprint density at radius 3 is 2.46 bits per heavy atom. The van der Waals surface area contributed by atoms with Gasteiger partial charge in [0.2, 0.25) is 5.91 Å². The van der Waals surface area contributed by atoms with Crippen LogP contribution < -0.4 is 25.4 Å². The Hall–Kier alpha value is -3.79. The van der Waals surface area contributed by atoms with Crippen LogP contribution in [0.4, 0.5) is 16.2 Å². The first kappa shape index (κ1) is 28.7. The highest BCUT2D eigenvalue weighted by atomic mass is 35.5. The highest BCUT2D eigenvalue weighted by Crippen LogP contribution is 2.29. The van der Waals surface area contributed by atoms with Crippen LogP contribution in [0, 0.1) is 0 Å². The van der Waals surface area contributed by atoms with E-state index in [-0.39, 0.29) is 24.5 Å². The van der Waals surface area contributed by atoms with Gasteiger partial charge >= 0.3 is 6.03 Å². The van der Waals surface area contributed by atoms with Crippen molar-refractivity contribution in [3.05, 3.63) is 83.4 Å². The van der Waals surface area contributed by atoms with Gasteiger partial charge in [-0.25, -0.2) is 4.79 Å². The Bertz CT molecular complexity index is 1340. The summed E-state index contributed by atoms with van der Waals surface area (Å²) in [4.78, 5) is 30.6. The molecule has 0 saturated carbocycles. The number of amides is 3. The average molecular weight is 578 g/mol. The minimum Gasteiger partial charge on any atom is -0.495 e. The van der Waals surface area contributed by atoms with Gasteiger partial charge < -0.3 is 30.3 Å². The van der Waals surface area contributed by atoms with Crippen LogP contribution in [0.2, 0.25) is 5.02 Å². The van der Waals surface area contributed by atoms with Crippen LogP contribution in [0.15, 0.2) is 72.8 Å². The molecule has 3 aromatic carbocycles. The zero-order chi connectivity index (χ0) is 28.6. The fourth-order valence-corrected chi connectivity index (χ4v) is 5.57. The summed E-state index contributed by atoms with van der Waals surface area (Å²) in [5, 5.41) is 9.37. The number of nitrogens with zero attached hydrogens (tertiary/aromatic N) is 2. The number of hydrogen-bond donors (Lipinski definition) is 3. The molecule has 3 aromatic rings.